The first kappa shape index (κ1) is 23.8. The van der Waals surface area contributed by atoms with E-state index in [1.165, 1.54) is 16.6 Å². The van der Waals surface area contributed by atoms with Gasteiger partial charge in [0.25, 0.3) is 5.56 Å². The number of methoxy groups -OCH3 is 1. The van der Waals surface area contributed by atoms with Crippen LogP contribution in [0, 0.1) is 5.92 Å². The van der Waals surface area contributed by atoms with Crippen molar-refractivity contribution in [2.75, 3.05) is 19.5 Å². The molecule has 0 fully saturated rings. The Morgan fingerprint density at radius 3 is 2.79 bits per heavy atom. The predicted octanol–water partition coefficient (Wildman–Crippen LogP) is 5.41. The largest absolute Gasteiger partial charge is 0.497 e. The minimum atomic E-state index is -0.286. The SMILES string of the molecule is CCCCCOC(=O)CSc1nc2sc3c(c2c(=O)n1-c1ccc(OC)cc1)CCC(C)C3. The molecule has 1 aliphatic rings. The van der Waals surface area contributed by atoms with Gasteiger partial charge >= 0.3 is 5.97 Å². The number of hydrogen-bond acceptors (Lipinski definition) is 7. The van der Waals surface area contributed by atoms with Crippen molar-refractivity contribution in [1.29, 1.82) is 0 Å². The van der Waals surface area contributed by atoms with Gasteiger partial charge in [0.1, 0.15) is 10.6 Å². The Labute approximate surface area is 202 Å². The first-order valence-corrected chi connectivity index (χ1v) is 13.3. The van der Waals surface area contributed by atoms with E-state index in [-0.39, 0.29) is 17.3 Å². The lowest BCUT2D eigenvalue weighted by molar-refractivity contribution is -0.140. The van der Waals surface area contributed by atoms with Crippen LogP contribution in [-0.4, -0.2) is 35.0 Å². The molecule has 4 rings (SSSR count). The molecule has 33 heavy (non-hydrogen) atoms. The first-order chi connectivity index (χ1) is 16.0. The zero-order valence-electron chi connectivity index (χ0n) is 19.4. The third-order valence-corrected chi connectivity index (χ3v) is 8.02. The van der Waals surface area contributed by atoms with Gasteiger partial charge in [0.05, 0.1) is 30.5 Å². The zero-order chi connectivity index (χ0) is 23.4. The monoisotopic (exact) mass is 486 g/mol. The Kier molecular flexibility index (Phi) is 7.75. The van der Waals surface area contributed by atoms with Gasteiger partial charge in [0, 0.05) is 4.88 Å². The summed E-state index contributed by atoms with van der Waals surface area (Å²) < 4.78 is 12.2. The number of rotatable bonds is 9. The van der Waals surface area contributed by atoms with Crippen molar-refractivity contribution in [1.82, 2.24) is 9.55 Å². The van der Waals surface area contributed by atoms with E-state index in [0.717, 1.165) is 54.3 Å². The van der Waals surface area contributed by atoms with Crippen LogP contribution < -0.4 is 10.3 Å². The third-order valence-electron chi connectivity index (χ3n) is 5.96. The molecule has 8 heteroatoms. The van der Waals surface area contributed by atoms with Crippen LogP contribution in [-0.2, 0) is 22.4 Å². The standard InChI is InChI=1S/C25H30N2O4S2/c1-4-5-6-13-31-21(28)15-32-25-26-23-22(19-12-7-16(2)14-20(19)33-23)24(29)27(25)17-8-10-18(30-3)11-9-17/h8-11,16H,4-7,12-15H2,1-3H3. The highest BCUT2D eigenvalue weighted by atomic mass is 32.2. The zero-order valence-corrected chi connectivity index (χ0v) is 21.0. The quantitative estimate of drug-likeness (QED) is 0.174. The molecular weight excluding hydrogens is 456 g/mol. The molecule has 2 aromatic heterocycles. The topological polar surface area (TPSA) is 70.4 Å². The summed E-state index contributed by atoms with van der Waals surface area (Å²) in [5.74, 6) is 1.16. The van der Waals surface area contributed by atoms with Crippen molar-refractivity contribution in [2.45, 2.75) is 57.5 Å². The lowest BCUT2D eigenvalue weighted by atomic mass is 9.89. The number of thioether (sulfide) groups is 1. The second kappa shape index (κ2) is 10.7. The van der Waals surface area contributed by atoms with Crippen molar-refractivity contribution in [3.05, 3.63) is 45.1 Å². The number of benzene rings is 1. The molecule has 6 nitrogen and oxygen atoms in total. The molecule has 0 bridgehead atoms. The molecule has 0 radical (unpaired) electrons. The average molecular weight is 487 g/mol. The summed E-state index contributed by atoms with van der Waals surface area (Å²) in [5.41, 5.74) is 1.79. The lowest BCUT2D eigenvalue weighted by Gasteiger charge is -2.18. The molecule has 0 spiro atoms. The fourth-order valence-corrected chi connectivity index (χ4v) is 6.36. The summed E-state index contributed by atoms with van der Waals surface area (Å²) in [6.07, 6.45) is 5.97. The third kappa shape index (κ3) is 5.27. The van der Waals surface area contributed by atoms with Gasteiger partial charge in [-0.3, -0.25) is 14.2 Å². The van der Waals surface area contributed by atoms with Crippen LogP contribution in [0.25, 0.3) is 15.9 Å². The number of thiophene rings is 1. The molecule has 1 atom stereocenters. The highest BCUT2D eigenvalue weighted by Gasteiger charge is 2.25. The molecule has 1 unspecified atom stereocenters. The van der Waals surface area contributed by atoms with Gasteiger partial charge in [-0.15, -0.1) is 11.3 Å². The maximum atomic E-state index is 13.8. The Morgan fingerprint density at radius 2 is 2.06 bits per heavy atom. The number of aryl methyl sites for hydroxylation is 1. The van der Waals surface area contributed by atoms with Crippen molar-refractivity contribution in [3.63, 3.8) is 0 Å². The summed E-state index contributed by atoms with van der Waals surface area (Å²) in [6, 6.07) is 7.35. The van der Waals surface area contributed by atoms with E-state index < -0.39 is 0 Å². The molecular formula is C25H30N2O4S2. The Hall–Kier alpha value is -2.32. The minimum absolute atomic E-state index is 0.0731. The molecule has 0 aliphatic heterocycles. The van der Waals surface area contributed by atoms with Crippen LogP contribution in [0.5, 0.6) is 5.75 Å². The van der Waals surface area contributed by atoms with Crippen LogP contribution in [0.4, 0.5) is 0 Å². The number of aromatic nitrogens is 2. The van der Waals surface area contributed by atoms with E-state index in [4.69, 9.17) is 14.5 Å². The van der Waals surface area contributed by atoms with E-state index in [1.807, 2.05) is 24.3 Å². The average Bonchev–Trinajstić information content (AvgIpc) is 3.18. The van der Waals surface area contributed by atoms with Gasteiger partial charge in [0.2, 0.25) is 0 Å². The summed E-state index contributed by atoms with van der Waals surface area (Å²) in [5, 5.41) is 1.24. The normalized spacial score (nSPS) is 15.4. The minimum Gasteiger partial charge on any atom is -0.497 e. The molecule has 0 N–H and O–H groups in total. The fraction of sp³-hybridized carbons (Fsp3) is 0.480. The molecule has 1 aliphatic carbocycles. The highest BCUT2D eigenvalue weighted by Crippen LogP contribution is 2.37. The van der Waals surface area contributed by atoms with E-state index in [0.29, 0.717) is 29.1 Å². The van der Waals surface area contributed by atoms with E-state index >= 15 is 0 Å². The Morgan fingerprint density at radius 1 is 1.27 bits per heavy atom. The summed E-state index contributed by atoms with van der Waals surface area (Å²) in [4.78, 5) is 33.0. The van der Waals surface area contributed by atoms with E-state index in [1.54, 1.807) is 23.0 Å². The van der Waals surface area contributed by atoms with Gasteiger partial charge in [-0.25, -0.2) is 4.98 Å². The molecule has 0 saturated heterocycles. The van der Waals surface area contributed by atoms with Gasteiger partial charge in [-0.1, -0.05) is 38.5 Å². The summed E-state index contributed by atoms with van der Waals surface area (Å²) >= 11 is 2.87. The first-order valence-electron chi connectivity index (χ1n) is 11.5. The highest BCUT2D eigenvalue weighted by molar-refractivity contribution is 7.99. The van der Waals surface area contributed by atoms with Crippen molar-refractivity contribution in [3.8, 4) is 11.4 Å². The van der Waals surface area contributed by atoms with Gasteiger partial charge in [-0.05, 0) is 61.4 Å². The van der Waals surface area contributed by atoms with Crippen LogP contribution in [0.15, 0.2) is 34.2 Å². The van der Waals surface area contributed by atoms with Crippen LogP contribution in [0.3, 0.4) is 0 Å². The summed E-state index contributed by atoms with van der Waals surface area (Å²) in [7, 11) is 1.61. The van der Waals surface area contributed by atoms with Crippen LogP contribution in [0.2, 0.25) is 0 Å². The molecule has 0 amide bonds. The number of ether oxygens (including phenoxy) is 2. The maximum absolute atomic E-state index is 13.8. The number of carbonyl (C=O) groups is 1. The molecule has 0 saturated carbocycles. The molecule has 176 valence electrons. The van der Waals surface area contributed by atoms with Crippen molar-refractivity contribution in [2.24, 2.45) is 5.92 Å². The number of unbranched alkanes of at least 4 members (excludes halogenated alkanes) is 2. The van der Waals surface area contributed by atoms with Crippen LogP contribution >= 0.6 is 23.1 Å². The number of carbonyl (C=O) groups excluding carboxylic acids is 1. The lowest BCUT2D eigenvalue weighted by Crippen LogP contribution is -2.23. The number of esters is 1. The number of fused-ring (bicyclic) bond motifs is 3. The van der Waals surface area contributed by atoms with Crippen molar-refractivity contribution < 1.29 is 14.3 Å². The van der Waals surface area contributed by atoms with Gasteiger partial charge < -0.3 is 9.47 Å². The van der Waals surface area contributed by atoms with E-state index in [9.17, 15) is 9.59 Å². The predicted molar refractivity (Wildman–Crippen MR) is 134 cm³/mol. The smallest absolute Gasteiger partial charge is 0.316 e. The van der Waals surface area contributed by atoms with Gasteiger partial charge in [-0.2, -0.15) is 0 Å². The molecule has 2 heterocycles. The maximum Gasteiger partial charge on any atom is 0.316 e. The molecule has 3 aromatic rings. The Balaban J connectivity index is 1.70. The fourth-order valence-electron chi connectivity index (χ4n) is 4.13. The Bertz CT molecular complexity index is 1180. The van der Waals surface area contributed by atoms with Crippen LogP contribution in [0.1, 0.15) is 50.0 Å². The molecule has 1 aromatic carbocycles. The summed E-state index contributed by atoms with van der Waals surface area (Å²) in [6.45, 7) is 4.80. The second-order valence-corrected chi connectivity index (χ2v) is 10.5. The number of hydrogen-bond donors (Lipinski definition) is 0. The second-order valence-electron chi connectivity index (χ2n) is 8.48. The van der Waals surface area contributed by atoms with E-state index in [2.05, 4.69) is 13.8 Å². The number of nitrogens with zero attached hydrogens (tertiary/aromatic N) is 2. The van der Waals surface area contributed by atoms with Crippen molar-refractivity contribution >= 4 is 39.3 Å². The van der Waals surface area contributed by atoms with Gasteiger partial charge in [0.15, 0.2) is 5.16 Å².